The third kappa shape index (κ3) is 4.45. The van der Waals surface area contributed by atoms with Crippen molar-refractivity contribution in [2.75, 3.05) is 24.4 Å². The highest BCUT2D eigenvalue weighted by Crippen LogP contribution is 2.17. The third-order valence-corrected chi connectivity index (χ3v) is 4.04. The van der Waals surface area contributed by atoms with Gasteiger partial charge in [0.2, 0.25) is 5.91 Å². The fourth-order valence-electron chi connectivity index (χ4n) is 2.54. The van der Waals surface area contributed by atoms with Gasteiger partial charge in [-0.2, -0.15) is 0 Å². The summed E-state index contributed by atoms with van der Waals surface area (Å²) in [5.74, 6) is -0.481. The van der Waals surface area contributed by atoms with Crippen molar-refractivity contribution in [1.82, 2.24) is 9.97 Å². The summed E-state index contributed by atoms with van der Waals surface area (Å²) in [6.45, 7) is 3.79. The van der Waals surface area contributed by atoms with E-state index >= 15 is 0 Å². The lowest BCUT2D eigenvalue weighted by atomic mass is 10.1. The molecule has 0 saturated heterocycles. The first-order valence-electron chi connectivity index (χ1n) is 8.41. The number of carbonyl (C=O) groups excluding carboxylic acids is 2. The van der Waals surface area contributed by atoms with E-state index in [1.54, 1.807) is 42.5 Å². The van der Waals surface area contributed by atoms with Crippen molar-refractivity contribution in [1.29, 1.82) is 0 Å². The number of hydrogen-bond acceptors (Lipinski definition) is 5. The number of benzene rings is 2. The molecule has 7 nitrogen and oxygen atoms in total. The Morgan fingerprint density at radius 2 is 1.48 bits per heavy atom. The number of amides is 2. The fraction of sp³-hybridized carbons (Fsp3) is 0.200. The first kappa shape index (κ1) is 18.5. The molecule has 0 aliphatic rings. The Hall–Kier alpha value is -3.32. The number of carbonyl (C=O) groups is 2. The summed E-state index contributed by atoms with van der Waals surface area (Å²) in [5, 5.41) is 5.52. The number of methoxy groups -OCH3 is 1. The average molecular weight is 364 g/mol. The van der Waals surface area contributed by atoms with Gasteiger partial charge in [-0.15, -0.1) is 0 Å². The minimum absolute atomic E-state index is 0.0116. The summed E-state index contributed by atoms with van der Waals surface area (Å²) < 4.78 is 4.77. The summed E-state index contributed by atoms with van der Waals surface area (Å²) in [5.41, 5.74) is 4.90. The van der Waals surface area contributed by atoms with Gasteiger partial charge in [0.1, 0.15) is 6.61 Å². The zero-order valence-corrected chi connectivity index (χ0v) is 15.4. The van der Waals surface area contributed by atoms with Gasteiger partial charge in [0.15, 0.2) is 0 Å². The molecule has 0 aliphatic heterocycles. The lowest BCUT2D eigenvalue weighted by Crippen LogP contribution is -2.17. The van der Waals surface area contributed by atoms with Gasteiger partial charge in [-0.05, 0) is 56.3 Å². The van der Waals surface area contributed by atoms with E-state index < -0.39 is 0 Å². The number of aryl methyl sites for hydroxylation is 2. The Bertz CT molecular complexity index is 1000. The van der Waals surface area contributed by atoms with Crippen LogP contribution < -0.4 is 10.6 Å². The van der Waals surface area contributed by atoms with Crippen molar-refractivity contribution in [2.24, 2.45) is 0 Å². The number of fused-ring (bicyclic) bond motifs is 1. The maximum Gasteiger partial charge on any atom is 0.255 e. The minimum atomic E-state index is -0.243. The maximum atomic E-state index is 12.5. The molecule has 3 rings (SSSR count). The highest BCUT2D eigenvalue weighted by atomic mass is 16.5. The summed E-state index contributed by atoms with van der Waals surface area (Å²) in [7, 11) is 1.46. The largest absolute Gasteiger partial charge is 0.375 e. The van der Waals surface area contributed by atoms with Crippen LogP contribution in [-0.4, -0.2) is 35.5 Å². The molecular weight excluding hydrogens is 344 g/mol. The van der Waals surface area contributed by atoms with Gasteiger partial charge in [0.05, 0.1) is 22.4 Å². The van der Waals surface area contributed by atoms with Crippen LogP contribution >= 0.6 is 0 Å². The summed E-state index contributed by atoms with van der Waals surface area (Å²) in [4.78, 5) is 33.0. The van der Waals surface area contributed by atoms with Gasteiger partial charge in [0, 0.05) is 24.0 Å². The zero-order chi connectivity index (χ0) is 19.4. The number of rotatable bonds is 5. The molecule has 138 valence electrons. The number of aromatic nitrogens is 2. The van der Waals surface area contributed by atoms with Crippen LogP contribution in [0.5, 0.6) is 0 Å². The van der Waals surface area contributed by atoms with Crippen molar-refractivity contribution in [3.05, 3.63) is 59.4 Å². The highest BCUT2D eigenvalue weighted by Gasteiger charge is 2.10. The van der Waals surface area contributed by atoms with Crippen molar-refractivity contribution < 1.29 is 14.3 Å². The second-order valence-corrected chi connectivity index (χ2v) is 6.11. The fourth-order valence-corrected chi connectivity index (χ4v) is 2.54. The van der Waals surface area contributed by atoms with Gasteiger partial charge in [-0.25, -0.2) is 9.97 Å². The third-order valence-electron chi connectivity index (χ3n) is 4.04. The first-order valence-corrected chi connectivity index (χ1v) is 8.41. The molecule has 0 atom stereocenters. The predicted molar refractivity (Wildman–Crippen MR) is 104 cm³/mol. The second kappa shape index (κ2) is 7.92. The lowest BCUT2D eigenvalue weighted by molar-refractivity contribution is -0.119. The standard InChI is InChI=1S/C20H20N4O3/c1-12-13(2)22-18-10-14(4-9-17(18)21-12)20(26)24-16-7-5-15(6-8-16)23-19(25)11-27-3/h4-10H,11H2,1-3H3,(H,23,25)(H,24,26). The number of anilines is 2. The normalized spacial score (nSPS) is 10.6. The van der Waals surface area contributed by atoms with E-state index in [9.17, 15) is 9.59 Å². The zero-order valence-electron chi connectivity index (χ0n) is 15.4. The minimum Gasteiger partial charge on any atom is -0.375 e. The Balaban J connectivity index is 1.72. The monoisotopic (exact) mass is 364 g/mol. The van der Waals surface area contributed by atoms with Gasteiger partial charge in [-0.1, -0.05) is 0 Å². The van der Waals surface area contributed by atoms with Crippen LogP contribution in [0.3, 0.4) is 0 Å². The van der Waals surface area contributed by atoms with E-state index in [1.165, 1.54) is 7.11 Å². The Kier molecular flexibility index (Phi) is 5.42. The van der Waals surface area contributed by atoms with Crippen molar-refractivity contribution in [3.63, 3.8) is 0 Å². The van der Waals surface area contributed by atoms with Crippen LogP contribution in [0, 0.1) is 13.8 Å². The van der Waals surface area contributed by atoms with E-state index in [2.05, 4.69) is 20.6 Å². The van der Waals surface area contributed by atoms with Gasteiger partial charge in [-0.3, -0.25) is 9.59 Å². The molecule has 2 aromatic carbocycles. The molecule has 0 radical (unpaired) electrons. The van der Waals surface area contributed by atoms with Gasteiger partial charge in [0.25, 0.3) is 5.91 Å². The van der Waals surface area contributed by atoms with E-state index in [4.69, 9.17) is 4.74 Å². The molecule has 2 N–H and O–H groups in total. The molecule has 7 heteroatoms. The molecule has 1 heterocycles. The van der Waals surface area contributed by atoms with E-state index in [0.29, 0.717) is 22.5 Å². The molecule has 0 fully saturated rings. The van der Waals surface area contributed by atoms with Gasteiger partial charge < -0.3 is 15.4 Å². The van der Waals surface area contributed by atoms with Crippen molar-refractivity contribution in [3.8, 4) is 0 Å². The van der Waals surface area contributed by atoms with Crippen LogP contribution in [0.25, 0.3) is 11.0 Å². The molecule has 1 aromatic heterocycles. The van der Waals surface area contributed by atoms with Crippen LogP contribution in [0.1, 0.15) is 21.7 Å². The predicted octanol–water partition coefficient (Wildman–Crippen LogP) is 3.08. The number of nitrogens with one attached hydrogen (secondary N) is 2. The average Bonchev–Trinajstić information content (AvgIpc) is 2.64. The number of hydrogen-bond donors (Lipinski definition) is 2. The molecule has 3 aromatic rings. The Morgan fingerprint density at radius 1 is 0.889 bits per heavy atom. The van der Waals surface area contributed by atoms with Gasteiger partial charge >= 0.3 is 0 Å². The van der Waals surface area contributed by atoms with Crippen molar-refractivity contribution >= 4 is 34.2 Å². The smallest absolute Gasteiger partial charge is 0.255 e. The van der Waals surface area contributed by atoms with Crippen LogP contribution in [0.2, 0.25) is 0 Å². The number of ether oxygens (including phenoxy) is 1. The topological polar surface area (TPSA) is 93.2 Å². The van der Waals surface area contributed by atoms with Crippen molar-refractivity contribution in [2.45, 2.75) is 13.8 Å². The summed E-state index contributed by atoms with van der Waals surface area (Å²) >= 11 is 0. The summed E-state index contributed by atoms with van der Waals surface area (Å²) in [6.07, 6.45) is 0. The SMILES string of the molecule is COCC(=O)Nc1ccc(NC(=O)c2ccc3nc(C)c(C)nc3c2)cc1. The number of nitrogens with zero attached hydrogens (tertiary/aromatic N) is 2. The van der Waals surface area contributed by atoms with E-state index in [0.717, 1.165) is 16.9 Å². The van der Waals surface area contributed by atoms with Crippen LogP contribution in [0.15, 0.2) is 42.5 Å². The second-order valence-electron chi connectivity index (χ2n) is 6.11. The molecule has 0 unspecified atom stereocenters. The Morgan fingerprint density at radius 3 is 2.11 bits per heavy atom. The summed E-state index contributed by atoms with van der Waals surface area (Å²) in [6, 6.07) is 12.1. The maximum absolute atomic E-state index is 12.5. The quantitative estimate of drug-likeness (QED) is 0.726. The lowest BCUT2D eigenvalue weighted by Gasteiger charge is -2.09. The highest BCUT2D eigenvalue weighted by molar-refractivity contribution is 6.06. The molecule has 0 spiro atoms. The molecule has 27 heavy (non-hydrogen) atoms. The molecule has 0 aliphatic carbocycles. The Labute approximate surface area is 156 Å². The molecular formula is C20H20N4O3. The van der Waals surface area contributed by atoms with Crippen LogP contribution in [-0.2, 0) is 9.53 Å². The van der Waals surface area contributed by atoms with E-state index in [1.807, 2.05) is 13.8 Å². The molecule has 2 amide bonds. The molecule has 0 saturated carbocycles. The van der Waals surface area contributed by atoms with E-state index in [-0.39, 0.29) is 18.4 Å². The van der Waals surface area contributed by atoms with Crippen LogP contribution in [0.4, 0.5) is 11.4 Å². The molecule has 0 bridgehead atoms. The first-order chi connectivity index (χ1) is 13.0.